The Kier molecular flexibility index (Phi) is 0.406. The molecule has 0 radical (unpaired) electrons. The maximum Gasteiger partial charge on any atom is 0.0293 e. The van der Waals surface area contributed by atoms with E-state index in [0.717, 1.165) is 23.9 Å². The first-order chi connectivity index (χ1) is 3.95. The van der Waals surface area contributed by atoms with Gasteiger partial charge < -0.3 is 5.32 Å². The molecule has 3 aliphatic rings. The lowest BCUT2D eigenvalue weighted by Gasteiger charge is -1.97. The van der Waals surface area contributed by atoms with Crippen LogP contribution in [0.2, 0.25) is 0 Å². The topological polar surface area (TPSA) is 21.9 Å². The number of rotatable bonds is 0. The largest absolute Gasteiger partial charge is 0.307 e. The molecule has 1 nitrogen and oxygen atoms in total. The van der Waals surface area contributed by atoms with E-state index in [1.54, 1.807) is 0 Å². The fourth-order valence-electron chi connectivity index (χ4n) is 2.24. The highest BCUT2D eigenvalue weighted by atomic mass is 15.2. The molecule has 42 valence electrons. The molecular weight excluding hydrogens is 98.1 g/mol. The normalized spacial score (nSPS) is 64.0. The number of hydrogen-bond donors (Lipinski definition) is 1. The Hall–Kier alpha value is -0.300. The van der Waals surface area contributed by atoms with Crippen molar-refractivity contribution < 1.29 is 0 Å². The van der Waals surface area contributed by atoms with E-state index in [2.05, 4.69) is 17.5 Å². The predicted octanol–water partition coefficient (Wildman–Crippen LogP) is 0.533. The van der Waals surface area contributed by atoms with Crippen LogP contribution in [0.3, 0.4) is 0 Å². The zero-order valence-corrected chi connectivity index (χ0v) is 4.67. The van der Waals surface area contributed by atoms with E-state index in [4.69, 9.17) is 0 Å². The molecular formula is C7H9N. The first kappa shape index (κ1) is 3.67. The van der Waals surface area contributed by atoms with E-state index < -0.39 is 0 Å². The van der Waals surface area contributed by atoms with Crippen LogP contribution in [0.5, 0.6) is 0 Å². The zero-order valence-electron chi connectivity index (χ0n) is 4.67. The van der Waals surface area contributed by atoms with E-state index in [9.17, 15) is 0 Å². The Balaban J connectivity index is 2.12. The van der Waals surface area contributed by atoms with Gasteiger partial charge in [0, 0.05) is 12.1 Å². The number of fused-ring (bicyclic) bond motifs is 5. The van der Waals surface area contributed by atoms with E-state index >= 15 is 0 Å². The van der Waals surface area contributed by atoms with Gasteiger partial charge in [0.1, 0.15) is 0 Å². The van der Waals surface area contributed by atoms with Gasteiger partial charge in [0.25, 0.3) is 0 Å². The van der Waals surface area contributed by atoms with E-state index in [0.29, 0.717) is 0 Å². The summed E-state index contributed by atoms with van der Waals surface area (Å²) < 4.78 is 0. The van der Waals surface area contributed by atoms with Gasteiger partial charge in [-0.2, -0.15) is 0 Å². The SMILES string of the molecule is C1=CC2CC1C1NC21. The molecule has 1 heterocycles. The molecule has 0 aromatic rings. The average molecular weight is 107 g/mol. The summed E-state index contributed by atoms with van der Waals surface area (Å²) in [6.07, 6.45) is 6.21. The van der Waals surface area contributed by atoms with Crippen LogP contribution in [0, 0.1) is 11.8 Å². The van der Waals surface area contributed by atoms with Crippen molar-refractivity contribution in [2.24, 2.45) is 11.8 Å². The summed E-state index contributed by atoms with van der Waals surface area (Å²) in [5, 5.41) is 3.47. The highest BCUT2D eigenvalue weighted by molar-refractivity contribution is 5.26. The Bertz CT molecular complexity index is 146. The van der Waals surface area contributed by atoms with Crippen LogP contribution in [-0.2, 0) is 0 Å². The maximum absolute atomic E-state index is 3.47. The molecule has 0 aromatic carbocycles. The van der Waals surface area contributed by atoms with Crippen LogP contribution < -0.4 is 5.32 Å². The third-order valence-electron chi connectivity index (χ3n) is 2.74. The van der Waals surface area contributed by atoms with Crippen LogP contribution in [0.25, 0.3) is 0 Å². The Morgan fingerprint density at radius 1 is 1.12 bits per heavy atom. The van der Waals surface area contributed by atoms with Gasteiger partial charge in [-0.3, -0.25) is 0 Å². The molecule has 3 rings (SSSR count). The minimum absolute atomic E-state index is 0.907. The molecule has 1 heteroatoms. The lowest BCUT2D eigenvalue weighted by molar-refractivity contribution is 0.586. The summed E-state index contributed by atoms with van der Waals surface area (Å²) in [6, 6.07) is 1.81. The van der Waals surface area contributed by atoms with E-state index in [1.807, 2.05) is 0 Å². The quantitative estimate of drug-likeness (QED) is 0.354. The summed E-state index contributed by atoms with van der Waals surface area (Å²) in [6.45, 7) is 0. The molecule has 1 saturated heterocycles. The van der Waals surface area contributed by atoms with Crippen molar-refractivity contribution in [3.63, 3.8) is 0 Å². The summed E-state index contributed by atoms with van der Waals surface area (Å²) in [5.41, 5.74) is 0. The van der Waals surface area contributed by atoms with Crippen LogP contribution in [-0.4, -0.2) is 12.1 Å². The van der Waals surface area contributed by atoms with Gasteiger partial charge in [-0.25, -0.2) is 0 Å². The van der Waals surface area contributed by atoms with Crippen molar-refractivity contribution >= 4 is 0 Å². The Morgan fingerprint density at radius 3 is 2.12 bits per heavy atom. The highest BCUT2D eigenvalue weighted by Gasteiger charge is 2.54. The number of piperidine rings is 1. The number of hydrogen-bond acceptors (Lipinski definition) is 1. The fourth-order valence-corrected chi connectivity index (χ4v) is 2.24. The number of nitrogens with one attached hydrogen (secondary N) is 1. The van der Waals surface area contributed by atoms with Crippen LogP contribution in [0.1, 0.15) is 6.42 Å². The second-order valence-corrected chi connectivity index (χ2v) is 3.17. The van der Waals surface area contributed by atoms with Gasteiger partial charge in [-0.15, -0.1) is 0 Å². The van der Waals surface area contributed by atoms with Crippen molar-refractivity contribution in [2.75, 3.05) is 0 Å². The van der Waals surface area contributed by atoms with Crippen molar-refractivity contribution in [1.29, 1.82) is 0 Å². The van der Waals surface area contributed by atoms with Crippen molar-refractivity contribution in [1.82, 2.24) is 5.32 Å². The van der Waals surface area contributed by atoms with Gasteiger partial charge in [0.05, 0.1) is 0 Å². The van der Waals surface area contributed by atoms with Crippen molar-refractivity contribution in [3.8, 4) is 0 Å². The summed E-state index contributed by atoms with van der Waals surface area (Å²) in [7, 11) is 0. The molecule has 0 amide bonds. The first-order valence-corrected chi connectivity index (χ1v) is 3.39. The first-order valence-electron chi connectivity index (χ1n) is 3.39. The maximum atomic E-state index is 3.47. The lowest BCUT2D eigenvalue weighted by atomic mass is 10.1. The molecule has 2 bridgehead atoms. The highest BCUT2D eigenvalue weighted by Crippen LogP contribution is 2.46. The van der Waals surface area contributed by atoms with Crippen LogP contribution in [0.15, 0.2) is 12.2 Å². The average Bonchev–Trinajstić information content (AvgIpc) is 2.39. The van der Waals surface area contributed by atoms with Gasteiger partial charge in [0.2, 0.25) is 0 Å². The van der Waals surface area contributed by atoms with Gasteiger partial charge >= 0.3 is 0 Å². The third kappa shape index (κ3) is 0.244. The van der Waals surface area contributed by atoms with Crippen LogP contribution >= 0.6 is 0 Å². The smallest absolute Gasteiger partial charge is 0.0293 e. The standard InChI is InChI=1S/C7H9N/c1-2-5-3-4(1)6-7(5)8-6/h1-2,4-8H,3H2. The molecule has 1 N–H and O–H groups in total. The third-order valence-corrected chi connectivity index (χ3v) is 2.74. The summed E-state index contributed by atoms with van der Waals surface area (Å²) in [5.74, 6) is 1.84. The Morgan fingerprint density at radius 2 is 1.75 bits per heavy atom. The second kappa shape index (κ2) is 0.883. The molecule has 0 aromatic heterocycles. The molecule has 4 unspecified atom stereocenters. The monoisotopic (exact) mass is 107 g/mol. The zero-order chi connectivity index (χ0) is 5.14. The summed E-state index contributed by atoms with van der Waals surface area (Å²) >= 11 is 0. The van der Waals surface area contributed by atoms with Gasteiger partial charge in [0.15, 0.2) is 0 Å². The lowest BCUT2D eigenvalue weighted by Crippen LogP contribution is -2.03. The molecule has 0 spiro atoms. The molecule has 2 fully saturated rings. The minimum Gasteiger partial charge on any atom is -0.307 e. The molecule has 2 aliphatic carbocycles. The predicted molar refractivity (Wildman–Crippen MR) is 31.4 cm³/mol. The van der Waals surface area contributed by atoms with Crippen molar-refractivity contribution in [2.45, 2.75) is 18.5 Å². The molecule has 1 saturated carbocycles. The van der Waals surface area contributed by atoms with Gasteiger partial charge in [-0.1, -0.05) is 12.2 Å². The Labute approximate surface area is 48.8 Å². The second-order valence-electron chi connectivity index (χ2n) is 3.17. The van der Waals surface area contributed by atoms with Crippen molar-refractivity contribution in [3.05, 3.63) is 12.2 Å². The van der Waals surface area contributed by atoms with Crippen LogP contribution in [0.4, 0.5) is 0 Å². The molecule has 8 heavy (non-hydrogen) atoms. The van der Waals surface area contributed by atoms with E-state index in [-0.39, 0.29) is 0 Å². The summed E-state index contributed by atoms with van der Waals surface area (Å²) in [4.78, 5) is 0. The fraction of sp³-hybridized carbons (Fsp3) is 0.714. The molecule has 1 aliphatic heterocycles. The molecule has 4 atom stereocenters. The minimum atomic E-state index is 0.907. The van der Waals surface area contributed by atoms with Gasteiger partial charge in [-0.05, 0) is 18.3 Å². The van der Waals surface area contributed by atoms with E-state index in [1.165, 1.54) is 6.42 Å².